The third kappa shape index (κ3) is 6.67. The second kappa shape index (κ2) is 15.6. The molecule has 3 aliphatic rings. The number of halogens is 1. The zero-order valence-electron chi connectivity index (χ0n) is 26.2. The topological polar surface area (TPSA) is 198 Å². The Morgan fingerprint density at radius 1 is 1.23 bits per heavy atom. The Balaban J connectivity index is 0.000000449. The minimum atomic E-state index is -1.41. The van der Waals surface area contributed by atoms with Crippen LogP contribution in [0.4, 0.5) is 4.39 Å². The molecule has 1 unspecified atom stereocenters. The van der Waals surface area contributed by atoms with E-state index in [0.29, 0.717) is 46.6 Å². The van der Waals surface area contributed by atoms with Gasteiger partial charge in [0, 0.05) is 22.6 Å². The van der Waals surface area contributed by atoms with Gasteiger partial charge in [-0.15, -0.1) is 0 Å². The molecule has 9 N–H and O–H groups in total. The minimum Gasteiger partial charge on any atom is -0.490 e. The summed E-state index contributed by atoms with van der Waals surface area (Å²) >= 11 is 0. The highest BCUT2D eigenvalue weighted by Crippen LogP contribution is 2.44. The fourth-order valence-electron chi connectivity index (χ4n) is 5.63. The van der Waals surface area contributed by atoms with E-state index in [1.807, 2.05) is 40.7 Å². The molecule has 2 atom stereocenters. The van der Waals surface area contributed by atoms with Crippen LogP contribution >= 0.6 is 0 Å². The van der Waals surface area contributed by atoms with Crippen LogP contribution in [0.5, 0.6) is 0 Å². The lowest BCUT2D eigenvalue weighted by Crippen LogP contribution is -2.57. The third-order valence-corrected chi connectivity index (χ3v) is 7.89. The van der Waals surface area contributed by atoms with E-state index in [1.165, 1.54) is 11.6 Å². The molecule has 0 saturated heterocycles. The van der Waals surface area contributed by atoms with E-state index in [4.69, 9.17) is 30.2 Å². The average Bonchev–Trinajstić information content (AvgIpc) is 3.39. The number of pyridine rings is 2. The van der Waals surface area contributed by atoms with Crippen LogP contribution < -0.4 is 22.8 Å². The largest absolute Gasteiger partial charge is 0.490 e. The first-order valence-electron chi connectivity index (χ1n) is 14.7. The van der Waals surface area contributed by atoms with Crippen LogP contribution in [0.2, 0.25) is 0 Å². The first kappa shape index (κ1) is 36.1. The lowest BCUT2D eigenvalue weighted by atomic mass is 9.84. The number of nitrogens with zero attached hydrogens (tertiary/aromatic N) is 2. The maximum atomic E-state index is 14.6. The molecule has 11 nitrogen and oxygen atoms in total. The van der Waals surface area contributed by atoms with Gasteiger partial charge in [0.15, 0.2) is 0 Å². The predicted octanol–water partition coefficient (Wildman–Crippen LogP) is 2.41. The van der Waals surface area contributed by atoms with Crippen LogP contribution in [0.15, 0.2) is 29.3 Å². The number of benzene rings is 1. The summed E-state index contributed by atoms with van der Waals surface area (Å²) in [7, 11) is 0. The average molecular weight is 615 g/mol. The fraction of sp³-hybridized carbons (Fsp3) is 0.438. The molecule has 0 spiro atoms. The number of nitrogens with two attached hydrogens (primary N) is 2. The van der Waals surface area contributed by atoms with Crippen molar-refractivity contribution < 1.29 is 34.7 Å². The van der Waals surface area contributed by atoms with Crippen molar-refractivity contribution in [1.29, 1.82) is 0 Å². The van der Waals surface area contributed by atoms with Gasteiger partial charge in [-0.2, -0.15) is 0 Å². The van der Waals surface area contributed by atoms with Crippen molar-refractivity contribution in [3.8, 4) is 11.4 Å². The number of aromatic nitrogens is 2. The maximum absolute atomic E-state index is 14.6. The smallest absolute Gasteiger partial charge is 0.290 e. The Labute approximate surface area is 256 Å². The molecule has 3 aromatic rings. The van der Waals surface area contributed by atoms with Crippen molar-refractivity contribution in [2.24, 2.45) is 11.5 Å². The number of quaternary nitrogens is 1. The molecule has 1 aromatic carbocycles. The lowest BCUT2D eigenvalue weighted by Gasteiger charge is -2.35. The number of rotatable bonds is 2. The van der Waals surface area contributed by atoms with Gasteiger partial charge in [-0.05, 0) is 62.3 Å². The van der Waals surface area contributed by atoms with Crippen LogP contribution in [0.25, 0.3) is 22.3 Å². The van der Waals surface area contributed by atoms with Gasteiger partial charge < -0.3 is 36.7 Å². The predicted molar refractivity (Wildman–Crippen MR) is 167 cm³/mol. The van der Waals surface area contributed by atoms with Crippen LogP contribution in [0, 0.1) is 12.7 Å². The Bertz CT molecular complexity index is 1580. The fourth-order valence-corrected chi connectivity index (χ4v) is 5.63. The van der Waals surface area contributed by atoms with Crippen LogP contribution in [0.3, 0.4) is 0 Å². The SMILES string of the molecule is C=C1OCc2c(cc3n(c2=O)Cc2c-3nc3cc(F)c(C)c4c3c2CCC4)[C@@]1(O)CC.CC.CC(N)C[NH3+].NC=O.O=CO. The first-order valence-corrected chi connectivity index (χ1v) is 14.7. The van der Waals surface area contributed by atoms with E-state index in [-0.39, 0.29) is 42.7 Å². The number of carboxylic acid groups (broad SMARTS) is 1. The Kier molecular flexibility index (Phi) is 12.7. The Morgan fingerprint density at radius 2 is 1.80 bits per heavy atom. The number of aryl methyl sites for hydroxylation is 2. The number of ether oxygens (including phenoxy) is 1. The number of amides is 1. The van der Waals surface area contributed by atoms with Crippen molar-refractivity contribution in [3.05, 3.63) is 74.0 Å². The van der Waals surface area contributed by atoms with Gasteiger partial charge in [-0.1, -0.05) is 27.4 Å². The Morgan fingerprint density at radius 3 is 2.34 bits per heavy atom. The van der Waals surface area contributed by atoms with Gasteiger partial charge in [0.1, 0.15) is 23.8 Å². The van der Waals surface area contributed by atoms with E-state index < -0.39 is 5.60 Å². The van der Waals surface area contributed by atoms with Gasteiger partial charge in [0.2, 0.25) is 6.41 Å². The maximum Gasteiger partial charge on any atom is 0.290 e. The van der Waals surface area contributed by atoms with Crippen molar-refractivity contribution in [2.45, 2.75) is 85.1 Å². The summed E-state index contributed by atoms with van der Waals surface area (Å²) in [5, 5.41) is 19.2. The van der Waals surface area contributed by atoms with Gasteiger partial charge >= 0.3 is 0 Å². The van der Waals surface area contributed by atoms with Gasteiger partial charge in [-0.3, -0.25) is 14.4 Å². The van der Waals surface area contributed by atoms with E-state index >= 15 is 0 Å². The highest BCUT2D eigenvalue weighted by molar-refractivity contribution is 5.92. The molecular weight excluding hydrogens is 569 g/mol. The zero-order valence-corrected chi connectivity index (χ0v) is 26.2. The standard InChI is InChI=1S/C25H23FN2O3.C3H10N2.C2H6.CH3NO.CH2O2/c1-4-25(30)13(3)31-11-17-18(25)8-21-23-16(10-28(21)24(17)29)15-7-5-6-14-12(2)19(26)9-20(27-23)22(14)15;1-3(5)2-4;1-2;2*2-1-3/h8-9,30H,3-7,10-11H2,1-2H3;3H,2,4-5H2,1H3;1-2H3;1H,(H2,2,3);1H,(H,2,3)/p+1/t25-;;;;/m1..../s1. The molecule has 2 aromatic heterocycles. The summed E-state index contributed by atoms with van der Waals surface area (Å²) in [5.41, 5.74) is 18.4. The number of carbonyl (C=O) groups is 2. The number of fused-ring (bicyclic) bond motifs is 5. The highest BCUT2D eigenvalue weighted by Gasteiger charge is 2.41. The van der Waals surface area contributed by atoms with E-state index in [0.717, 1.165) is 42.3 Å². The molecule has 0 fully saturated rings. The molecule has 0 saturated carbocycles. The summed E-state index contributed by atoms with van der Waals surface area (Å²) in [5.74, 6) is 0.0197. The number of aliphatic hydroxyl groups is 1. The van der Waals surface area contributed by atoms with Crippen molar-refractivity contribution in [3.63, 3.8) is 0 Å². The van der Waals surface area contributed by atoms with Gasteiger partial charge in [0.25, 0.3) is 12.0 Å². The zero-order chi connectivity index (χ0) is 33.4. The molecule has 6 rings (SSSR count). The summed E-state index contributed by atoms with van der Waals surface area (Å²) in [6, 6.07) is 3.65. The van der Waals surface area contributed by atoms with Crippen LogP contribution in [-0.2, 0) is 45.9 Å². The van der Waals surface area contributed by atoms with E-state index in [9.17, 15) is 14.3 Å². The van der Waals surface area contributed by atoms with Gasteiger partial charge in [0.05, 0.1) is 41.6 Å². The first-order chi connectivity index (χ1) is 20.9. The Hall–Kier alpha value is -4.13. The lowest BCUT2D eigenvalue weighted by molar-refractivity contribution is -0.370. The number of hydrogen-bond donors (Lipinski definition) is 5. The monoisotopic (exact) mass is 614 g/mol. The van der Waals surface area contributed by atoms with Crippen molar-refractivity contribution in [2.75, 3.05) is 6.54 Å². The number of hydrogen-bond acceptors (Lipinski definition) is 7. The quantitative estimate of drug-likeness (QED) is 0.212. The molecule has 1 amide bonds. The van der Waals surface area contributed by atoms with E-state index in [1.54, 1.807) is 4.57 Å². The highest BCUT2D eigenvalue weighted by atomic mass is 19.1. The van der Waals surface area contributed by atoms with Crippen molar-refractivity contribution in [1.82, 2.24) is 9.55 Å². The van der Waals surface area contributed by atoms with Crippen LogP contribution in [0.1, 0.15) is 73.9 Å². The molecule has 1 aliphatic carbocycles. The summed E-state index contributed by atoms with van der Waals surface area (Å²) in [4.78, 5) is 35.2. The molecule has 2 aliphatic heterocycles. The normalized spacial score (nSPS) is 17.2. The molecule has 4 heterocycles. The van der Waals surface area contributed by atoms with Crippen molar-refractivity contribution >= 4 is 23.8 Å². The molecule has 0 bridgehead atoms. The number of primary amides is 1. The molecular formula is C32H45FN5O6+. The van der Waals surface area contributed by atoms with Crippen LogP contribution in [-0.4, -0.2) is 45.2 Å². The molecule has 12 heteroatoms. The summed E-state index contributed by atoms with van der Waals surface area (Å²) in [6.07, 6.45) is 3.28. The second-order valence-electron chi connectivity index (χ2n) is 10.4. The minimum absolute atomic E-state index is 0.1000. The number of carbonyl (C=O) groups excluding carboxylic acids is 1. The third-order valence-electron chi connectivity index (χ3n) is 7.89. The molecule has 240 valence electrons. The molecule has 44 heavy (non-hydrogen) atoms. The molecule has 0 radical (unpaired) electrons. The van der Waals surface area contributed by atoms with E-state index in [2.05, 4.69) is 18.0 Å². The second-order valence-corrected chi connectivity index (χ2v) is 10.4. The summed E-state index contributed by atoms with van der Waals surface area (Å²) in [6.45, 7) is 14.6. The van der Waals surface area contributed by atoms with Gasteiger partial charge in [-0.25, -0.2) is 9.37 Å². The summed E-state index contributed by atoms with van der Waals surface area (Å²) < 4.78 is 21.9.